The minimum absolute atomic E-state index is 0.0329. The number of likely N-dealkylation sites (tertiary alicyclic amines) is 1. The van der Waals surface area contributed by atoms with Gasteiger partial charge in [-0.2, -0.15) is 0 Å². The minimum Gasteiger partial charge on any atom is -0.393 e. The van der Waals surface area contributed by atoms with Crippen molar-refractivity contribution in [3.05, 3.63) is 30.1 Å². The molecule has 1 fully saturated rings. The summed E-state index contributed by atoms with van der Waals surface area (Å²) in [5.41, 5.74) is 1.08. The Morgan fingerprint density at radius 3 is 2.87 bits per heavy atom. The van der Waals surface area contributed by atoms with Crippen LogP contribution in [0.5, 0.6) is 0 Å². The van der Waals surface area contributed by atoms with Crippen molar-refractivity contribution in [2.24, 2.45) is 0 Å². The largest absolute Gasteiger partial charge is 0.393 e. The molecular formula is C11H14N2O2. The smallest absolute Gasteiger partial charge is 0.225 e. The summed E-state index contributed by atoms with van der Waals surface area (Å²) in [5.74, 6) is 0.0329. The lowest BCUT2D eigenvalue weighted by Crippen LogP contribution is -2.40. The van der Waals surface area contributed by atoms with Crippen molar-refractivity contribution < 1.29 is 9.90 Å². The van der Waals surface area contributed by atoms with Gasteiger partial charge < -0.3 is 10.0 Å². The van der Waals surface area contributed by atoms with Crippen LogP contribution >= 0.6 is 0 Å². The Hall–Kier alpha value is -1.42. The van der Waals surface area contributed by atoms with Crippen LogP contribution in [0.25, 0.3) is 0 Å². The second-order valence-corrected chi connectivity index (χ2v) is 3.82. The third-order valence-corrected chi connectivity index (χ3v) is 2.62. The van der Waals surface area contributed by atoms with Crippen molar-refractivity contribution in [2.45, 2.75) is 25.5 Å². The van der Waals surface area contributed by atoms with Crippen LogP contribution in [0.15, 0.2) is 24.5 Å². The van der Waals surface area contributed by atoms with Crippen LogP contribution in [0.4, 0.5) is 0 Å². The number of aromatic nitrogens is 1. The molecule has 1 aliphatic rings. The van der Waals surface area contributed by atoms with Crippen LogP contribution in [0.3, 0.4) is 0 Å². The lowest BCUT2D eigenvalue weighted by Gasteiger charge is -2.29. The van der Waals surface area contributed by atoms with Gasteiger partial charge in [0.05, 0.1) is 12.5 Å². The van der Waals surface area contributed by atoms with Crippen LogP contribution in [0, 0.1) is 0 Å². The fraction of sp³-hybridized carbons (Fsp3) is 0.455. The number of carbonyl (C=O) groups excluding carboxylic acids is 1. The Bertz CT molecular complexity index is 340. The first-order valence-electron chi connectivity index (χ1n) is 5.10. The van der Waals surface area contributed by atoms with Gasteiger partial charge in [-0.3, -0.25) is 9.78 Å². The Labute approximate surface area is 88.6 Å². The van der Waals surface area contributed by atoms with E-state index in [1.165, 1.54) is 0 Å². The van der Waals surface area contributed by atoms with E-state index >= 15 is 0 Å². The zero-order chi connectivity index (χ0) is 10.7. The van der Waals surface area contributed by atoms with Gasteiger partial charge in [-0.05, 0) is 24.1 Å². The highest BCUT2D eigenvalue weighted by molar-refractivity contribution is 5.77. The summed E-state index contributed by atoms with van der Waals surface area (Å²) in [6.07, 6.45) is 3.92. The summed E-state index contributed by atoms with van der Waals surface area (Å²) in [4.78, 5) is 17.3. The molecule has 1 N–H and O–H groups in total. The topological polar surface area (TPSA) is 53.4 Å². The molecule has 4 heteroatoms. The van der Waals surface area contributed by atoms with Gasteiger partial charge in [-0.15, -0.1) is 0 Å². The predicted octanol–water partition coefficient (Wildman–Crippen LogP) is 0.565. The maximum Gasteiger partial charge on any atom is 0.225 e. The molecule has 80 valence electrons. The van der Waals surface area contributed by atoms with E-state index in [0.29, 0.717) is 19.5 Å². The lowest BCUT2D eigenvalue weighted by atomic mass is 10.1. The van der Waals surface area contributed by atoms with Crippen molar-refractivity contribution in [1.82, 2.24) is 9.88 Å². The summed E-state index contributed by atoms with van der Waals surface area (Å²) in [7, 11) is 0. The van der Waals surface area contributed by atoms with Gasteiger partial charge in [0.2, 0.25) is 5.91 Å². The van der Waals surface area contributed by atoms with E-state index in [9.17, 15) is 9.90 Å². The van der Waals surface area contributed by atoms with E-state index in [-0.39, 0.29) is 12.3 Å². The fourth-order valence-electron chi connectivity index (χ4n) is 1.74. The number of hydrogen-bond donors (Lipinski definition) is 1. The number of aliphatic hydroxyl groups excluding tert-OH is 1. The standard InChI is InChI=1S/C11H14N2O2/c14-10-3-6-13(11(15)7-10)8-9-1-4-12-5-2-9/h1-2,4-5,10,14H,3,6-8H2. The van der Waals surface area contributed by atoms with Gasteiger partial charge in [0.25, 0.3) is 0 Å². The van der Waals surface area contributed by atoms with Gasteiger partial charge in [-0.1, -0.05) is 0 Å². The van der Waals surface area contributed by atoms with Crippen molar-refractivity contribution in [3.63, 3.8) is 0 Å². The molecule has 2 heterocycles. The monoisotopic (exact) mass is 206 g/mol. The number of piperidine rings is 1. The molecule has 1 aromatic rings. The van der Waals surface area contributed by atoms with E-state index in [0.717, 1.165) is 5.56 Å². The molecule has 15 heavy (non-hydrogen) atoms. The third kappa shape index (κ3) is 2.53. The molecule has 0 aliphatic carbocycles. The number of carbonyl (C=O) groups is 1. The molecule has 1 unspecified atom stereocenters. The molecule has 1 saturated heterocycles. The van der Waals surface area contributed by atoms with Crippen molar-refractivity contribution in [2.75, 3.05) is 6.54 Å². The number of hydrogen-bond acceptors (Lipinski definition) is 3. The first-order chi connectivity index (χ1) is 7.25. The Morgan fingerprint density at radius 2 is 2.20 bits per heavy atom. The molecule has 0 bridgehead atoms. The Kier molecular flexibility index (Phi) is 2.97. The van der Waals surface area contributed by atoms with Crippen LogP contribution in [-0.2, 0) is 11.3 Å². The SMILES string of the molecule is O=C1CC(O)CCN1Cc1ccncc1. The van der Waals surface area contributed by atoms with Gasteiger partial charge >= 0.3 is 0 Å². The van der Waals surface area contributed by atoms with E-state index in [4.69, 9.17) is 0 Å². The first-order valence-corrected chi connectivity index (χ1v) is 5.10. The first kappa shape index (κ1) is 10.1. The minimum atomic E-state index is -0.453. The maximum atomic E-state index is 11.6. The Morgan fingerprint density at radius 1 is 1.47 bits per heavy atom. The summed E-state index contributed by atoms with van der Waals surface area (Å²) in [5, 5.41) is 9.31. The second kappa shape index (κ2) is 4.40. The lowest BCUT2D eigenvalue weighted by molar-refractivity contribution is -0.137. The molecule has 4 nitrogen and oxygen atoms in total. The average Bonchev–Trinajstić information content (AvgIpc) is 2.24. The molecule has 0 radical (unpaired) electrons. The van der Waals surface area contributed by atoms with Crippen LogP contribution < -0.4 is 0 Å². The molecule has 1 aromatic heterocycles. The normalized spacial score (nSPS) is 21.8. The van der Waals surface area contributed by atoms with Gasteiger partial charge in [0.1, 0.15) is 0 Å². The molecule has 0 saturated carbocycles. The van der Waals surface area contributed by atoms with Crippen molar-refractivity contribution in [3.8, 4) is 0 Å². The van der Waals surface area contributed by atoms with E-state index in [2.05, 4.69) is 4.98 Å². The highest BCUT2D eigenvalue weighted by Crippen LogP contribution is 2.14. The highest BCUT2D eigenvalue weighted by atomic mass is 16.3. The third-order valence-electron chi connectivity index (χ3n) is 2.62. The number of nitrogens with zero attached hydrogens (tertiary/aromatic N) is 2. The number of aliphatic hydroxyl groups is 1. The van der Waals surface area contributed by atoms with Gasteiger partial charge in [0, 0.05) is 25.5 Å². The summed E-state index contributed by atoms with van der Waals surface area (Å²) >= 11 is 0. The fourth-order valence-corrected chi connectivity index (χ4v) is 1.74. The number of rotatable bonds is 2. The maximum absolute atomic E-state index is 11.6. The van der Waals surface area contributed by atoms with Gasteiger partial charge in [0.15, 0.2) is 0 Å². The molecule has 1 atom stereocenters. The van der Waals surface area contributed by atoms with Crippen LogP contribution in [0.2, 0.25) is 0 Å². The summed E-state index contributed by atoms with van der Waals surface area (Å²) < 4.78 is 0. The van der Waals surface area contributed by atoms with E-state index in [1.807, 2.05) is 12.1 Å². The molecule has 1 aliphatic heterocycles. The zero-order valence-corrected chi connectivity index (χ0v) is 8.47. The zero-order valence-electron chi connectivity index (χ0n) is 8.47. The van der Waals surface area contributed by atoms with E-state index in [1.54, 1.807) is 17.3 Å². The van der Waals surface area contributed by atoms with Crippen LogP contribution in [-0.4, -0.2) is 33.5 Å². The Balaban J connectivity index is 1.98. The highest BCUT2D eigenvalue weighted by Gasteiger charge is 2.23. The number of amides is 1. The molecule has 1 amide bonds. The quantitative estimate of drug-likeness (QED) is 0.769. The molecular weight excluding hydrogens is 192 g/mol. The molecule has 2 rings (SSSR count). The summed E-state index contributed by atoms with van der Waals surface area (Å²) in [6.45, 7) is 1.26. The van der Waals surface area contributed by atoms with Crippen LogP contribution in [0.1, 0.15) is 18.4 Å². The molecule has 0 spiro atoms. The van der Waals surface area contributed by atoms with Gasteiger partial charge in [-0.25, -0.2) is 0 Å². The predicted molar refractivity (Wildman–Crippen MR) is 54.9 cm³/mol. The number of pyridine rings is 1. The van der Waals surface area contributed by atoms with Crippen molar-refractivity contribution >= 4 is 5.91 Å². The average molecular weight is 206 g/mol. The summed E-state index contributed by atoms with van der Waals surface area (Å²) in [6, 6.07) is 3.80. The van der Waals surface area contributed by atoms with E-state index < -0.39 is 6.10 Å². The second-order valence-electron chi connectivity index (χ2n) is 3.82. The van der Waals surface area contributed by atoms with Crippen molar-refractivity contribution in [1.29, 1.82) is 0 Å². The molecule has 0 aromatic carbocycles.